The Morgan fingerprint density at radius 2 is 1.90 bits per heavy atom. The second kappa shape index (κ2) is 9.44. The molecule has 0 bridgehead atoms. The Balaban J connectivity index is -0.000000163. The quantitative estimate of drug-likeness (QED) is 0.701. The van der Waals surface area contributed by atoms with Crippen molar-refractivity contribution in [3.8, 4) is 5.88 Å². The second-order valence-electron chi connectivity index (χ2n) is 1.19. The molecule has 57 valence electrons. The molecule has 0 unspecified atom stereocenters. The van der Waals surface area contributed by atoms with Crippen molar-refractivity contribution in [3.63, 3.8) is 0 Å². The van der Waals surface area contributed by atoms with Crippen molar-refractivity contribution < 1.29 is 41.7 Å². The van der Waals surface area contributed by atoms with Gasteiger partial charge in [-0.2, -0.15) is 13.5 Å². The van der Waals surface area contributed by atoms with Crippen molar-refractivity contribution in [3.05, 3.63) is 24.4 Å². The van der Waals surface area contributed by atoms with Gasteiger partial charge in [0.2, 0.25) is 5.88 Å². The zero-order valence-electron chi connectivity index (χ0n) is 5.21. The van der Waals surface area contributed by atoms with Gasteiger partial charge in [0.1, 0.15) is 0 Å². The van der Waals surface area contributed by atoms with E-state index in [4.69, 9.17) is 5.11 Å². The SMILES string of the molecule is Oc1ccccn1.S.[Cu].[Zn]. The van der Waals surface area contributed by atoms with Crippen LogP contribution in [0.5, 0.6) is 5.88 Å². The van der Waals surface area contributed by atoms with Crippen LogP contribution < -0.4 is 0 Å². The Labute approximate surface area is 90.1 Å². The molecule has 0 aliphatic rings. The van der Waals surface area contributed by atoms with E-state index >= 15 is 0 Å². The van der Waals surface area contributed by atoms with Gasteiger partial charge in [0.25, 0.3) is 0 Å². The first-order valence-corrected chi connectivity index (χ1v) is 1.99. The van der Waals surface area contributed by atoms with Crippen molar-refractivity contribution >= 4 is 13.5 Å². The summed E-state index contributed by atoms with van der Waals surface area (Å²) in [6, 6.07) is 5.00. The number of nitrogens with zero attached hydrogens (tertiary/aromatic N) is 1. The molecule has 1 rings (SSSR count). The largest absolute Gasteiger partial charge is 0.493 e. The van der Waals surface area contributed by atoms with Crippen molar-refractivity contribution in [2.45, 2.75) is 0 Å². The topological polar surface area (TPSA) is 33.1 Å². The third-order valence-electron chi connectivity index (χ3n) is 0.649. The molecule has 2 nitrogen and oxygen atoms in total. The van der Waals surface area contributed by atoms with Gasteiger partial charge in [-0.25, -0.2) is 4.98 Å². The molecule has 0 saturated carbocycles. The van der Waals surface area contributed by atoms with E-state index in [0.29, 0.717) is 0 Å². The molecule has 1 radical (unpaired) electrons. The summed E-state index contributed by atoms with van der Waals surface area (Å²) in [5.41, 5.74) is 0. The monoisotopic (exact) mass is 256 g/mol. The van der Waals surface area contributed by atoms with Crippen LogP contribution in [0, 0.1) is 0 Å². The van der Waals surface area contributed by atoms with Gasteiger partial charge < -0.3 is 5.11 Å². The van der Waals surface area contributed by atoms with E-state index in [2.05, 4.69) is 4.98 Å². The van der Waals surface area contributed by atoms with Gasteiger partial charge >= 0.3 is 0 Å². The fourth-order valence-corrected chi connectivity index (χ4v) is 0.354. The van der Waals surface area contributed by atoms with E-state index in [0.717, 1.165) is 0 Å². The number of hydrogen-bond donors (Lipinski definition) is 1. The molecular formula is C5H7CuNOSZn. The molecule has 0 spiro atoms. The molecular weight excluding hydrogens is 251 g/mol. The third kappa shape index (κ3) is 6.56. The maximum Gasteiger partial charge on any atom is 0.210 e. The molecule has 1 aromatic rings. The molecule has 5 heteroatoms. The van der Waals surface area contributed by atoms with Crippen LogP contribution in [0.25, 0.3) is 0 Å². The van der Waals surface area contributed by atoms with Crippen molar-refractivity contribution in [2.75, 3.05) is 0 Å². The first kappa shape index (κ1) is 16.8. The fraction of sp³-hybridized carbons (Fsp3) is 0. The predicted octanol–water partition coefficient (Wildman–Crippen LogP) is 0.895. The summed E-state index contributed by atoms with van der Waals surface area (Å²) >= 11 is 0. The summed E-state index contributed by atoms with van der Waals surface area (Å²) < 4.78 is 0. The Hall–Kier alpha value is 0.443. The van der Waals surface area contributed by atoms with Crippen molar-refractivity contribution in [1.29, 1.82) is 0 Å². The van der Waals surface area contributed by atoms with Gasteiger partial charge in [-0.05, 0) is 6.07 Å². The predicted molar refractivity (Wildman–Crippen MR) is 36.3 cm³/mol. The van der Waals surface area contributed by atoms with Gasteiger partial charge in [0, 0.05) is 48.8 Å². The Morgan fingerprint density at radius 1 is 1.30 bits per heavy atom. The maximum absolute atomic E-state index is 8.52. The standard InChI is InChI=1S/C5H5NO.Cu.H2S.Zn/c7-5-3-1-2-4-6-5;;;/h1-4H,(H,6,7);;1H2;. The first-order valence-electron chi connectivity index (χ1n) is 1.99. The van der Waals surface area contributed by atoms with Crippen LogP contribution in [-0.2, 0) is 36.5 Å². The van der Waals surface area contributed by atoms with Gasteiger partial charge in [-0.1, -0.05) is 6.07 Å². The van der Waals surface area contributed by atoms with Crippen LogP contribution >= 0.6 is 13.5 Å². The Kier molecular flexibility index (Phi) is 15.9. The molecule has 0 atom stereocenters. The van der Waals surface area contributed by atoms with E-state index in [1.54, 1.807) is 12.1 Å². The van der Waals surface area contributed by atoms with Crippen molar-refractivity contribution in [2.24, 2.45) is 0 Å². The van der Waals surface area contributed by atoms with E-state index in [-0.39, 0.29) is 55.9 Å². The minimum atomic E-state index is 0. The number of pyridine rings is 1. The minimum Gasteiger partial charge on any atom is -0.493 e. The Bertz CT molecular complexity index is 152. The smallest absolute Gasteiger partial charge is 0.210 e. The summed E-state index contributed by atoms with van der Waals surface area (Å²) in [5, 5.41) is 8.52. The normalized spacial score (nSPS) is 6.00. The second-order valence-corrected chi connectivity index (χ2v) is 1.19. The average molecular weight is 258 g/mol. The summed E-state index contributed by atoms with van der Waals surface area (Å²) in [7, 11) is 0. The van der Waals surface area contributed by atoms with Crippen LogP contribution in [0.1, 0.15) is 0 Å². The van der Waals surface area contributed by atoms with Crippen LogP contribution in [0.15, 0.2) is 24.4 Å². The van der Waals surface area contributed by atoms with E-state index in [9.17, 15) is 0 Å². The van der Waals surface area contributed by atoms with E-state index in [1.165, 1.54) is 12.3 Å². The third-order valence-corrected chi connectivity index (χ3v) is 0.649. The van der Waals surface area contributed by atoms with Crippen LogP contribution in [-0.4, -0.2) is 10.1 Å². The van der Waals surface area contributed by atoms with Crippen LogP contribution in [0.3, 0.4) is 0 Å². The number of aromatic hydroxyl groups is 1. The molecule has 0 saturated heterocycles. The molecule has 0 fully saturated rings. The van der Waals surface area contributed by atoms with E-state index in [1.807, 2.05) is 0 Å². The number of aromatic nitrogens is 1. The zero-order valence-corrected chi connectivity index (χ0v) is 10.1. The zero-order chi connectivity index (χ0) is 5.11. The average Bonchev–Trinajstić information content (AvgIpc) is 1.69. The summed E-state index contributed by atoms with van der Waals surface area (Å²) in [6.07, 6.45) is 1.54. The fourth-order valence-electron chi connectivity index (χ4n) is 0.354. The van der Waals surface area contributed by atoms with Gasteiger partial charge in [-0.15, -0.1) is 0 Å². The van der Waals surface area contributed by atoms with E-state index < -0.39 is 0 Å². The van der Waals surface area contributed by atoms with Crippen LogP contribution in [0.4, 0.5) is 0 Å². The van der Waals surface area contributed by atoms with Gasteiger partial charge in [0.05, 0.1) is 0 Å². The summed E-state index contributed by atoms with van der Waals surface area (Å²) in [4.78, 5) is 3.53. The molecule has 0 aromatic carbocycles. The molecule has 1 N–H and O–H groups in total. The van der Waals surface area contributed by atoms with Gasteiger partial charge in [-0.3, -0.25) is 0 Å². The Morgan fingerprint density at radius 3 is 2.10 bits per heavy atom. The molecule has 0 aliphatic carbocycles. The number of rotatable bonds is 0. The van der Waals surface area contributed by atoms with Crippen LogP contribution in [0.2, 0.25) is 0 Å². The maximum atomic E-state index is 8.52. The molecule has 0 aliphatic heterocycles. The van der Waals surface area contributed by atoms with Gasteiger partial charge in [0.15, 0.2) is 0 Å². The summed E-state index contributed by atoms with van der Waals surface area (Å²) in [6.45, 7) is 0. The molecule has 10 heavy (non-hydrogen) atoms. The summed E-state index contributed by atoms with van der Waals surface area (Å²) in [5.74, 6) is 0.0718. The molecule has 0 amide bonds. The molecule has 1 heterocycles. The minimum absolute atomic E-state index is 0. The van der Waals surface area contributed by atoms with Crippen molar-refractivity contribution in [1.82, 2.24) is 4.98 Å². The first-order chi connectivity index (χ1) is 3.39. The molecule has 1 aromatic heterocycles. The number of hydrogen-bond acceptors (Lipinski definition) is 2.